The number of rotatable bonds is 2. The summed E-state index contributed by atoms with van der Waals surface area (Å²) < 4.78 is 39.8. The molecule has 0 aromatic carbocycles. The highest BCUT2D eigenvalue weighted by molar-refractivity contribution is 7.90. The van der Waals surface area contributed by atoms with Gasteiger partial charge in [0.2, 0.25) is 0 Å². The van der Waals surface area contributed by atoms with Gasteiger partial charge < -0.3 is 0 Å². The first-order valence-corrected chi connectivity index (χ1v) is 8.25. The largest absolute Gasteiger partial charge is 0.222 e. The van der Waals surface area contributed by atoms with Crippen LogP contribution in [0.1, 0.15) is 32.6 Å². The van der Waals surface area contributed by atoms with Crippen LogP contribution in [0.5, 0.6) is 0 Å². The van der Waals surface area contributed by atoms with E-state index in [1.807, 2.05) is 0 Å². The Hall–Kier alpha value is 0.440. The van der Waals surface area contributed by atoms with E-state index in [1.165, 1.54) is 25.7 Å². The Bertz CT molecular complexity index is 177. The van der Waals surface area contributed by atoms with Crippen molar-refractivity contribution in [2.75, 3.05) is 12.5 Å². The minimum absolute atomic E-state index is 0.172. The molecular weight excluding hydrogens is 256 g/mol. The molecule has 0 spiro atoms. The van der Waals surface area contributed by atoms with Crippen LogP contribution in [0.4, 0.5) is 0 Å². The predicted octanol–water partition coefficient (Wildman–Crippen LogP) is -2.38. The van der Waals surface area contributed by atoms with Gasteiger partial charge in [-0.1, -0.05) is 19.8 Å². The van der Waals surface area contributed by atoms with Crippen LogP contribution in [-0.2, 0) is 15.4 Å². The summed E-state index contributed by atoms with van der Waals surface area (Å²) in [5.41, 5.74) is 0. The van der Waals surface area contributed by atoms with Crippen molar-refractivity contribution in [1.82, 2.24) is 0 Å². The Balaban J connectivity index is 0.000000385. The molecule has 5 nitrogen and oxygen atoms in total. The quantitative estimate of drug-likeness (QED) is 0.523. The zero-order valence-corrected chi connectivity index (χ0v) is 11.4. The molecule has 16 heavy (non-hydrogen) atoms. The van der Waals surface area contributed by atoms with Crippen LogP contribution in [0.2, 0.25) is 0 Å². The van der Waals surface area contributed by atoms with E-state index in [-0.39, 0.29) is 11.2 Å². The fourth-order valence-corrected chi connectivity index (χ4v) is 2.46. The number of hydrogen-bond donors (Lipinski definition) is 0. The number of halogens is 1. The molecule has 1 aliphatic carbocycles. The summed E-state index contributed by atoms with van der Waals surface area (Å²) in [4.78, 5) is 0. The first-order valence-electron chi connectivity index (χ1n) is 5.05. The summed E-state index contributed by atoms with van der Waals surface area (Å²) in [5.74, 6) is 0.886. The zero-order chi connectivity index (χ0) is 12.8. The minimum Gasteiger partial charge on any atom is -0.222 e. The Morgan fingerprint density at radius 2 is 1.62 bits per heavy atom. The zero-order valence-electron chi connectivity index (χ0n) is 9.81. The normalized spacial score (nSPS) is 26.2. The maximum absolute atomic E-state index is 8.49. The van der Waals surface area contributed by atoms with Crippen molar-refractivity contribution in [3.05, 3.63) is 0 Å². The predicted molar refractivity (Wildman–Crippen MR) is 51.7 cm³/mol. The fourth-order valence-electron chi connectivity index (χ4n) is 1.74. The highest BCUT2D eigenvalue weighted by Gasteiger charge is 2.23. The summed E-state index contributed by atoms with van der Waals surface area (Å²) in [7, 11) is -4.94. The molecule has 0 N–H and O–H groups in total. The Labute approximate surface area is 102 Å². The van der Waals surface area contributed by atoms with Gasteiger partial charge in [-0.15, -0.1) is 10.2 Å². The second-order valence-corrected chi connectivity index (χ2v) is 6.54. The summed E-state index contributed by atoms with van der Waals surface area (Å²) in [6.45, 7) is 2.33. The van der Waals surface area contributed by atoms with Gasteiger partial charge in [0, 0.05) is 0 Å². The summed E-state index contributed by atoms with van der Waals surface area (Å²) in [6.07, 6.45) is 10.2. The second-order valence-electron chi connectivity index (χ2n) is 4.11. The molecule has 7 heteroatoms. The van der Waals surface area contributed by atoms with E-state index in [2.05, 4.69) is 19.4 Å². The molecule has 0 bridgehead atoms. The highest BCUT2D eigenvalue weighted by atomic mass is 35.7. The first-order chi connectivity index (χ1) is 7.18. The molecule has 98 valence electrons. The van der Waals surface area contributed by atoms with Crippen molar-refractivity contribution in [3.63, 3.8) is 0 Å². The van der Waals surface area contributed by atoms with E-state index in [4.69, 9.17) is 22.8 Å². The maximum atomic E-state index is 8.49. The van der Waals surface area contributed by atoms with Gasteiger partial charge in [-0.2, -0.15) is 4.18 Å². The van der Waals surface area contributed by atoms with Crippen molar-refractivity contribution >= 4 is 11.2 Å². The minimum atomic E-state index is -4.94. The van der Waals surface area contributed by atoms with Crippen LogP contribution >= 0.6 is 0 Å². The molecule has 1 saturated carbocycles. The molecule has 0 heterocycles. The summed E-state index contributed by atoms with van der Waals surface area (Å²) >= 11 is 0.172. The van der Waals surface area contributed by atoms with Crippen molar-refractivity contribution < 1.29 is 33.1 Å². The third-order valence-corrected chi connectivity index (χ3v) is 2.87. The average Bonchev–Trinajstić information content (AvgIpc) is 1.98. The van der Waals surface area contributed by atoms with Gasteiger partial charge in [0.05, 0.1) is 0 Å². The fraction of sp³-hybridized carbons (Fsp3) is 1.00. The average molecular weight is 275 g/mol. The molecule has 1 fully saturated rings. The molecule has 0 aliphatic heterocycles. The van der Waals surface area contributed by atoms with Crippen LogP contribution in [-0.4, -0.2) is 18.6 Å². The van der Waals surface area contributed by atoms with Gasteiger partial charge in [0.25, 0.3) is 0 Å². The third kappa shape index (κ3) is 12.5. The monoisotopic (exact) mass is 274 g/mol. The molecule has 0 saturated heterocycles. The van der Waals surface area contributed by atoms with E-state index in [9.17, 15) is 0 Å². The lowest BCUT2D eigenvalue weighted by Crippen LogP contribution is -2.68. The van der Waals surface area contributed by atoms with Crippen LogP contribution in [0.3, 0.4) is 0 Å². The van der Waals surface area contributed by atoms with Gasteiger partial charge in [-0.3, -0.25) is 0 Å². The van der Waals surface area contributed by atoms with Crippen molar-refractivity contribution in [3.8, 4) is 0 Å². The summed E-state index contributed by atoms with van der Waals surface area (Å²) in [5, 5.41) is 0. The molecule has 1 rings (SSSR count). The molecule has 0 radical (unpaired) electrons. The van der Waals surface area contributed by atoms with Crippen LogP contribution in [0, 0.1) is 16.2 Å². The molecule has 2 atom stereocenters. The van der Waals surface area contributed by atoms with Gasteiger partial charge >= 0.3 is 0 Å². The topological polar surface area (TPSA) is 101 Å². The van der Waals surface area contributed by atoms with Gasteiger partial charge in [-0.25, -0.2) is 18.6 Å². The molecular formula is C9H19ClO5S. The molecule has 0 amide bonds. The first kappa shape index (κ1) is 16.4. The molecule has 0 aromatic rings. The molecule has 1 aliphatic rings. The Morgan fingerprint density at radius 1 is 1.12 bits per heavy atom. The van der Waals surface area contributed by atoms with E-state index >= 15 is 0 Å². The molecule has 0 aromatic heterocycles. The lowest BCUT2D eigenvalue weighted by atomic mass is 9.89. The second kappa shape index (κ2) is 7.71. The smallest absolute Gasteiger partial charge is 0.141 e. The van der Waals surface area contributed by atoms with Crippen molar-refractivity contribution in [2.24, 2.45) is 5.92 Å². The van der Waals surface area contributed by atoms with Crippen LogP contribution in [0.15, 0.2) is 0 Å². The Morgan fingerprint density at radius 3 is 2.00 bits per heavy atom. The van der Waals surface area contributed by atoms with E-state index in [0.29, 0.717) is 6.10 Å². The van der Waals surface area contributed by atoms with Gasteiger partial charge in [-0.05, 0) is 18.8 Å². The highest BCUT2D eigenvalue weighted by Crippen LogP contribution is 2.26. The van der Waals surface area contributed by atoms with E-state index < -0.39 is 10.2 Å². The molecule has 0 unspecified atom stereocenters. The SMILES string of the molecule is C[C@H]1CCC[C@H](O[S+](C)C)C1.[O-][Cl+3]([O-])([O-])[O-]. The lowest BCUT2D eigenvalue weighted by molar-refractivity contribution is -2.00. The van der Waals surface area contributed by atoms with E-state index in [1.54, 1.807) is 0 Å². The van der Waals surface area contributed by atoms with Crippen molar-refractivity contribution in [1.29, 1.82) is 0 Å². The van der Waals surface area contributed by atoms with Gasteiger partial charge in [0.1, 0.15) is 29.8 Å². The van der Waals surface area contributed by atoms with Crippen molar-refractivity contribution in [2.45, 2.75) is 38.7 Å². The van der Waals surface area contributed by atoms with Crippen LogP contribution < -0.4 is 18.6 Å². The standard InChI is InChI=1S/C9H19OS.ClHO4/c1-8-5-4-6-9(7-8)10-11(2)3;2-1(3,4)5/h8-9H,4-7H2,1-3H3;(H,2,3,4,5)/q+1;/p-1/t8-,9-;/m0./s1. The Kier molecular flexibility index (Phi) is 7.92. The third-order valence-electron chi connectivity index (χ3n) is 2.22. The van der Waals surface area contributed by atoms with Crippen LogP contribution in [0.25, 0.3) is 0 Å². The maximum Gasteiger partial charge on any atom is 0.141 e. The van der Waals surface area contributed by atoms with E-state index in [0.717, 1.165) is 5.92 Å². The lowest BCUT2D eigenvalue weighted by Gasteiger charge is -2.23. The number of hydrogen-bond acceptors (Lipinski definition) is 5. The van der Waals surface area contributed by atoms with Gasteiger partial charge in [0.15, 0.2) is 0 Å². The summed E-state index contributed by atoms with van der Waals surface area (Å²) in [6, 6.07) is 0.